The maximum Gasteiger partial charge on any atom is 0.233 e. The number of nitrogens with zero attached hydrogens (tertiary/aromatic N) is 5. The third kappa shape index (κ3) is 3.76. The van der Waals surface area contributed by atoms with Crippen LogP contribution < -0.4 is 10.7 Å². The summed E-state index contributed by atoms with van der Waals surface area (Å²) in [5.41, 5.74) is 1.10. The summed E-state index contributed by atoms with van der Waals surface area (Å²) in [7, 11) is 0. The number of benzene rings is 1. The van der Waals surface area contributed by atoms with Crippen molar-refractivity contribution < 1.29 is 4.79 Å². The summed E-state index contributed by atoms with van der Waals surface area (Å²) < 4.78 is 1.53. The molecule has 2 heterocycles. The van der Waals surface area contributed by atoms with Gasteiger partial charge in [0.15, 0.2) is 5.82 Å². The fraction of sp³-hybridized carbons (Fsp3) is 0.471. The third-order valence-electron chi connectivity index (χ3n) is 4.76. The van der Waals surface area contributed by atoms with Crippen molar-refractivity contribution in [1.29, 1.82) is 0 Å². The molecule has 138 valence electrons. The van der Waals surface area contributed by atoms with E-state index in [-0.39, 0.29) is 5.91 Å². The van der Waals surface area contributed by atoms with Gasteiger partial charge in [-0.05, 0) is 31.0 Å². The molecule has 2 fully saturated rings. The Hall–Kier alpha value is -1.93. The van der Waals surface area contributed by atoms with Crippen molar-refractivity contribution >= 4 is 35.0 Å². The summed E-state index contributed by atoms with van der Waals surface area (Å²) in [6.07, 6.45) is 2.24. The Morgan fingerprint density at radius 2 is 2.00 bits per heavy atom. The molecule has 7 nitrogen and oxygen atoms in total. The molecule has 1 saturated heterocycles. The summed E-state index contributed by atoms with van der Waals surface area (Å²) in [4.78, 5) is 16.6. The van der Waals surface area contributed by atoms with Crippen LogP contribution in [0.3, 0.4) is 0 Å². The highest BCUT2D eigenvalue weighted by Crippen LogP contribution is 2.39. The van der Waals surface area contributed by atoms with Crippen molar-refractivity contribution in [3.8, 4) is 0 Å². The molecule has 0 atom stereocenters. The van der Waals surface area contributed by atoms with Gasteiger partial charge >= 0.3 is 0 Å². The largest absolute Gasteiger partial charge is 0.368 e. The molecular formula is C17H21ClN6OS. The van der Waals surface area contributed by atoms with Crippen LogP contribution in [-0.2, 0) is 4.79 Å². The van der Waals surface area contributed by atoms with Crippen LogP contribution in [0.4, 0.5) is 5.69 Å². The maximum atomic E-state index is 12.5. The number of piperazine rings is 1. The van der Waals surface area contributed by atoms with Crippen LogP contribution in [0.1, 0.15) is 24.6 Å². The maximum absolute atomic E-state index is 12.5. The predicted molar refractivity (Wildman–Crippen MR) is 103 cm³/mol. The predicted octanol–water partition coefficient (Wildman–Crippen LogP) is 1.96. The lowest BCUT2D eigenvalue weighted by atomic mass is 10.2. The Kier molecular flexibility index (Phi) is 4.95. The van der Waals surface area contributed by atoms with Gasteiger partial charge in [-0.15, -0.1) is 10.2 Å². The van der Waals surface area contributed by atoms with Gasteiger partial charge in [0.05, 0.1) is 5.75 Å². The summed E-state index contributed by atoms with van der Waals surface area (Å²) in [6, 6.07) is 7.82. The van der Waals surface area contributed by atoms with E-state index in [0.717, 1.165) is 42.5 Å². The molecule has 1 aliphatic heterocycles. The Labute approximate surface area is 161 Å². The Morgan fingerprint density at radius 3 is 2.69 bits per heavy atom. The molecule has 1 aromatic carbocycles. The number of anilines is 1. The number of amides is 1. The molecule has 1 saturated carbocycles. The van der Waals surface area contributed by atoms with Crippen LogP contribution in [0.2, 0.25) is 5.02 Å². The van der Waals surface area contributed by atoms with E-state index in [2.05, 4.69) is 15.1 Å². The third-order valence-corrected chi connectivity index (χ3v) is 5.93. The van der Waals surface area contributed by atoms with E-state index in [1.54, 1.807) is 0 Å². The van der Waals surface area contributed by atoms with E-state index >= 15 is 0 Å². The lowest BCUT2D eigenvalue weighted by Gasteiger charge is -2.36. The van der Waals surface area contributed by atoms with Crippen LogP contribution in [0, 0.1) is 0 Å². The number of halogens is 1. The highest BCUT2D eigenvalue weighted by Gasteiger charge is 2.30. The van der Waals surface area contributed by atoms with Crippen LogP contribution in [0.5, 0.6) is 0 Å². The minimum absolute atomic E-state index is 0.108. The Balaban J connectivity index is 1.28. The van der Waals surface area contributed by atoms with Crippen molar-refractivity contribution in [2.75, 3.05) is 42.7 Å². The van der Waals surface area contributed by atoms with Crippen molar-refractivity contribution in [3.05, 3.63) is 35.1 Å². The summed E-state index contributed by atoms with van der Waals surface area (Å²) >= 11 is 7.42. The van der Waals surface area contributed by atoms with Crippen molar-refractivity contribution in [2.24, 2.45) is 0 Å². The smallest absolute Gasteiger partial charge is 0.233 e. The van der Waals surface area contributed by atoms with Crippen molar-refractivity contribution in [1.82, 2.24) is 19.8 Å². The van der Waals surface area contributed by atoms with Gasteiger partial charge in [-0.2, -0.15) is 0 Å². The second-order valence-corrected chi connectivity index (χ2v) is 8.00. The molecule has 1 aromatic heterocycles. The molecule has 0 bridgehead atoms. The zero-order chi connectivity index (χ0) is 18.1. The number of rotatable bonds is 5. The van der Waals surface area contributed by atoms with Gasteiger partial charge in [-0.3, -0.25) is 4.79 Å². The molecule has 0 spiro atoms. The standard InChI is InChI=1S/C17H21ClN6OS/c18-13-2-1-3-14(10-13)22-6-8-23(9-7-22)15(25)11-26-17-21-20-16(24(17)19)12-4-5-12/h1-3,10,12H,4-9,11,19H2. The van der Waals surface area contributed by atoms with Gasteiger partial charge in [0.25, 0.3) is 0 Å². The number of nitrogen functional groups attached to an aromatic ring is 1. The zero-order valence-corrected chi connectivity index (χ0v) is 15.9. The van der Waals surface area contributed by atoms with Gasteiger partial charge in [-0.1, -0.05) is 29.4 Å². The number of thioether (sulfide) groups is 1. The first-order chi connectivity index (χ1) is 12.6. The van der Waals surface area contributed by atoms with Crippen LogP contribution in [-0.4, -0.2) is 57.6 Å². The average molecular weight is 393 g/mol. The molecule has 2 aromatic rings. The SMILES string of the molecule is Nn1c(SCC(=O)N2CCN(c3cccc(Cl)c3)CC2)nnc1C1CC1. The molecule has 1 amide bonds. The van der Waals surface area contributed by atoms with E-state index in [1.807, 2.05) is 29.2 Å². The van der Waals surface area contributed by atoms with Gasteiger partial charge in [0.2, 0.25) is 11.1 Å². The molecule has 9 heteroatoms. The molecule has 4 rings (SSSR count). The molecule has 0 unspecified atom stereocenters. The minimum atomic E-state index is 0.108. The monoisotopic (exact) mass is 392 g/mol. The number of carbonyl (C=O) groups excluding carboxylic acids is 1. The Morgan fingerprint density at radius 1 is 1.23 bits per heavy atom. The Bertz CT molecular complexity index is 800. The van der Waals surface area contributed by atoms with Crippen LogP contribution in [0.15, 0.2) is 29.4 Å². The van der Waals surface area contributed by atoms with Gasteiger partial charge < -0.3 is 15.6 Å². The van der Waals surface area contributed by atoms with Gasteiger partial charge in [-0.25, -0.2) is 4.68 Å². The first-order valence-electron chi connectivity index (χ1n) is 8.73. The van der Waals surface area contributed by atoms with E-state index in [4.69, 9.17) is 17.4 Å². The highest BCUT2D eigenvalue weighted by molar-refractivity contribution is 7.99. The van der Waals surface area contributed by atoms with Gasteiger partial charge in [0.1, 0.15) is 0 Å². The molecular weight excluding hydrogens is 372 g/mol. The average Bonchev–Trinajstić information content (AvgIpc) is 3.43. The molecule has 2 aliphatic rings. The zero-order valence-electron chi connectivity index (χ0n) is 14.3. The quantitative estimate of drug-likeness (QED) is 0.619. The fourth-order valence-corrected chi connectivity index (χ4v) is 4.06. The van der Waals surface area contributed by atoms with Crippen LogP contribution in [0.25, 0.3) is 0 Å². The van der Waals surface area contributed by atoms with Crippen molar-refractivity contribution in [3.63, 3.8) is 0 Å². The molecule has 1 aliphatic carbocycles. The number of nitrogens with two attached hydrogens (primary N) is 1. The fourth-order valence-electron chi connectivity index (χ4n) is 3.11. The minimum Gasteiger partial charge on any atom is -0.368 e. The molecule has 2 N–H and O–H groups in total. The molecule has 0 radical (unpaired) electrons. The molecule has 26 heavy (non-hydrogen) atoms. The summed E-state index contributed by atoms with van der Waals surface area (Å²) in [5, 5.41) is 9.60. The second-order valence-electron chi connectivity index (χ2n) is 6.62. The topological polar surface area (TPSA) is 80.3 Å². The summed E-state index contributed by atoms with van der Waals surface area (Å²) in [6.45, 7) is 3.01. The van der Waals surface area contributed by atoms with E-state index in [9.17, 15) is 4.79 Å². The number of hydrogen-bond donors (Lipinski definition) is 1. The van der Waals surface area contributed by atoms with Crippen molar-refractivity contribution in [2.45, 2.75) is 23.9 Å². The number of aromatic nitrogens is 3. The first-order valence-corrected chi connectivity index (χ1v) is 10.1. The summed E-state index contributed by atoms with van der Waals surface area (Å²) in [5.74, 6) is 7.74. The van der Waals surface area contributed by atoms with E-state index in [0.29, 0.717) is 29.9 Å². The van der Waals surface area contributed by atoms with E-state index in [1.165, 1.54) is 16.4 Å². The normalized spacial score (nSPS) is 17.6. The number of carbonyl (C=O) groups is 1. The van der Waals surface area contributed by atoms with E-state index < -0.39 is 0 Å². The van der Waals surface area contributed by atoms with Gasteiger partial charge in [0, 0.05) is 42.8 Å². The first kappa shape index (κ1) is 17.5. The highest BCUT2D eigenvalue weighted by atomic mass is 35.5. The van der Waals surface area contributed by atoms with Crippen LogP contribution >= 0.6 is 23.4 Å². The lowest BCUT2D eigenvalue weighted by molar-refractivity contribution is -0.128. The number of hydrogen-bond acceptors (Lipinski definition) is 6. The lowest BCUT2D eigenvalue weighted by Crippen LogP contribution is -2.49. The second kappa shape index (κ2) is 7.36.